The summed E-state index contributed by atoms with van der Waals surface area (Å²) in [6.07, 6.45) is 3.51. The standard InChI is InChI=1S/C11H19NO2/c1-3-11(12,4-2)9-13-8-10-6-5-7-14-10/h5-7H,3-4,8-9,12H2,1-2H3. The Kier molecular flexibility index (Phi) is 4.17. The van der Waals surface area contributed by atoms with E-state index in [4.69, 9.17) is 14.9 Å². The van der Waals surface area contributed by atoms with E-state index in [0.717, 1.165) is 18.6 Å². The van der Waals surface area contributed by atoms with Crippen LogP contribution in [0.5, 0.6) is 0 Å². The van der Waals surface area contributed by atoms with Gasteiger partial charge in [0.1, 0.15) is 12.4 Å². The second kappa shape index (κ2) is 5.17. The summed E-state index contributed by atoms with van der Waals surface area (Å²) in [5.74, 6) is 0.847. The third-order valence-corrected chi connectivity index (χ3v) is 2.62. The zero-order valence-corrected chi connectivity index (χ0v) is 8.95. The van der Waals surface area contributed by atoms with Crippen molar-refractivity contribution >= 4 is 0 Å². The molecule has 14 heavy (non-hydrogen) atoms. The second-order valence-electron chi connectivity index (χ2n) is 3.64. The lowest BCUT2D eigenvalue weighted by Gasteiger charge is -2.25. The minimum atomic E-state index is -0.188. The van der Waals surface area contributed by atoms with Crippen LogP contribution in [0.2, 0.25) is 0 Å². The van der Waals surface area contributed by atoms with E-state index < -0.39 is 0 Å². The summed E-state index contributed by atoms with van der Waals surface area (Å²) >= 11 is 0. The average molecular weight is 197 g/mol. The Morgan fingerprint density at radius 3 is 2.64 bits per heavy atom. The van der Waals surface area contributed by atoms with Gasteiger partial charge in [0.15, 0.2) is 0 Å². The first-order valence-electron chi connectivity index (χ1n) is 5.09. The van der Waals surface area contributed by atoms with Gasteiger partial charge in [0.2, 0.25) is 0 Å². The Morgan fingerprint density at radius 1 is 1.43 bits per heavy atom. The molecule has 2 N–H and O–H groups in total. The molecule has 1 aromatic heterocycles. The van der Waals surface area contributed by atoms with Crippen LogP contribution in [0.15, 0.2) is 22.8 Å². The zero-order valence-electron chi connectivity index (χ0n) is 8.95. The molecule has 0 unspecified atom stereocenters. The first kappa shape index (κ1) is 11.3. The van der Waals surface area contributed by atoms with Crippen molar-refractivity contribution < 1.29 is 9.15 Å². The minimum absolute atomic E-state index is 0.188. The lowest BCUT2D eigenvalue weighted by molar-refractivity contribution is 0.0597. The molecule has 1 aromatic rings. The van der Waals surface area contributed by atoms with Gasteiger partial charge in [-0.1, -0.05) is 13.8 Å². The molecule has 1 heterocycles. The molecule has 0 aliphatic carbocycles. The Morgan fingerprint density at radius 2 is 2.14 bits per heavy atom. The fraction of sp³-hybridized carbons (Fsp3) is 0.636. The Labute approximate surface area is 85.2 Å². The first-order chi connectivity index (χ1) is 6.70. The van der Waals surface area contributed by atoms with Crippen molar-refractivity contribution in [1.82, 2.24) is 0 Å². The van der Waals surface area contributed by atoms with E-state index in [2.05, 4.69) is 13.8 Å². The Hall–Kier alpha value is -0.800. The van der Waals surface area contributed by atoms with Crippen LogP contribution < -0.4 is 5.73 Å². The molecule has 0 aliphatic heterocycles. The lowest BCUT2D eigenvalue weighted by atomic mass is 9.96. The predicted octanol–water partition coefficient (Wildman–Crippen LogP) is 2.31. The minimum Gasteiger partial charge on any atom is -0.467 e. The molecule has 3 heteroatoms. The van der Waals surface area contributed by atoms with E-state index in [1.807, 2.05) is 12.1 Å². The normalized spacial score (nSPS) is 11.9. The largest absolute Gasteiger partial charge is 0.467 e. The van der Waals surface area contributed by atoms with Crippen LogP contribution in [0.1, 0.15) is 32.4 Å². The van der Waals surface area contributed by atoms with Gasteiger partial charge in [0.05, 0.1) is 12.9 Å². The average Bonchev–Trinajstić information content (AvgIpc) is 2.70. The van der Waals surface area contributed by atoms with Gasteiger partial charge in [-0.25, -0.2) is 0 Å². The lowest BCUT2D eigenvalue weighted by Crippen LogP contribution is -2.43. The van der Waals surface area contributed by atoms with Crippen molar-refractivity contribution in [3.05, 3.63) is 24.2 Å². The molecule has 3 nitrogen and oxygen atoms in total. The smallest absolute Gasteiger partial charge is 0.129 e. The van der Waals surface area contributed by atoms with Crippen LogP contribution in [0.25, 0.3) is 0 Å². The fourth-order valence-corrected chi connectivity index (χ4v) is 1.20. The van der Waals surface area contributed by atoms with Crippen LogP contribution in [0, 0.1) is 0 Å². The van der Waals surface area contributed by atoms with E-state index >= 15 is 0 Å². The Bertz CT molecular complexity index is 240. The SMILES string of the molecule is CCC(N)(CC)COCc1ccco1. The first-order valence-corrected chi connectivity index (χ1v) is 5.09. The van der Waals surface area contributed by atoms with Gasteiger partial charge < -0.3 is 14.9 Å². The molecule has 0 saturated carbocycles. The summed E-state index contributed by atoms with van der Waals surface area (Å²) in [5, 5.41) is 0. The van der Waals surface area contributed by atoms with Crippen LogP contribution in [-0.2, 0) is 11.3 Å². The second-order valence-corrected chi connectivity index (χ2v) is 3.64. The summed E-state index contributed by atoms with van der Waals surface area (Å²) in [7, 11) is 0. The van der Waals surface area contributed by atoms with Gasteiger partial charge in [-0.15, -0.1) is 0 Å². The number of ether oxygens (including phenoxy) is 1. The summed E-state index contributed by atoms with van der Waals surface area (Å²) in [6.45, 7) is 5.26. The fourth-order valence-electron chi connectivity index (χ4n) is 1.20. The molecule has 0 spiro atoms. The monoisotopic (exact) mass is 197 g/mol. The van der Waals surface area contributed by atoms with Crippen molar-refractivity contribution in [2.45, 2.75) is 38.8 Å². The van der Waals surface area contributed by atoms with Crippen LogP contribution in [0.3, 0.4) is 0 Å². The maximum Gasteiger partial charge on any atom is 0.129 e. The highest BCUT2D eigenvalue weighted by Gasteiger charge is 2.20. The maximum atomic E-state index is 6.08. The van der Waals surface area contributed by atoms with Crippen molar-refractivity contribution in [3.8, 4) is 0 Å². The molecule has 0 aromatic carbocycles. The van der Waals surface area contributed by atoms with E-state index in [0.29, 0.717) is 13.2 Å². The van der Waals surface area contributed by atoms with Crippen molar-refractivity contribution in [1.29, 1.82) is 0 Å². The van der Waals surface area contributed by atoms with E-state index in [9.17, 15) is 0 Å². The molecule has 0 fully saturated rings. The third kappa shape index (κ3) is 3.16. The molecule has 0 atom stereocenters. The van der Waals surface area contributed by atoms with Crippen molar-refractivity contribution in [2.24, 2.45) is 5.73 Å². The topological polar surface area (TPSA) is 48.4 Å². The van der Waals surface area contributed by atoms with Gasteiger partial charge in [-0.3, -0.25) is 0 Å². The van der Waals surface area contributed by atoms with Gasteiger partial charge in [0, 0.05) is 5.54 Å². The van der Waals surface area contributed by atoms with Crippen molar-refractivity contribution in [3.63, 3.8) is 0 Å². The highest BCUT2D eigenvalue weighted by molar-refractivity contribution is 4.96. The van der Waals surface area contributed by atoms with E-state index in [-0.39, 0.29) is 5.54 Å². The maximum absolute atomic E-state index is 6.08. The van der Waals surface area contributed by atoms with Gasteiger partial charge in [0.25, 0.3) is 0 Å². The van der Waals surface area contributed by atoms with Crippen LogP contribution in [-0.4, -0.2) is 12.1 Å². The third-order valence-electron chi connectivity index (χ3n) is 2.62. The number of hydrogen-bond acceptors (Lipinski definition) is 3. The zero-order chi connectivity index (χ0) is 10.4. The van der Waals surface area contributed by atoms with Gasteiger partial charge in [-0.2, -0.15) is 0 Å². The van der Waals surface area contributed by atoms with Crippen LogP contribution in [0.4, 0.5) is 0 Å². The van der Waals surface area contributed by atoms with Crippen LogP contribution >= 0.6 is 0 Å². The number of hydrogen-bond donors (Lipinski definition) is 1. The molecule has 0 amide bonds. The molecule has 80 valence electrons. The number of nitrogens with two attached hydrogens (primary N) is 1. The van der Waals surface area contributed by atoms with E-state index in [1.54, 1.807) is 6.26 Å². The molecule has 0 saturated heterocycles. The highest BCUT2D eigenvalue weighted by atomic mass is 16.5. The summed E-state index contributed by atoms with van der Waals surface area (Å²) < 4.78 is 10.7. The summed E-state index contributed by atoms with van der Waals surface area (Å²) in [5.41, 5.74) is 5.89. The molecular weight excluding hydrogens is 178 g/mol. The number of furan rings is 1. The quantitative estimate of drug-likeness (QED) is 0.761. The van der Waals surface area contributed by atoms with Gasteiger partial charge in [-0.05, 0) is 25.0 Å². The van der Waals surface area contributed by atoms with Crippen molar-refractivity contribution in [2.75, 3.05) is 6.61 Å². The summed E-state index contributed by atoms with van der Waals surface area (Å²) in [4.78, 5) is 0. The molecule has 1 rings (SSSR count). The molecule has 0 radical (unpaired) electrons. The van der Waals surface area contributed by atoms with E-state index in [1.165, 1.54) is 0 Å². The number of rotatable bonds is 6. The summed E-state index contributed by atoms with van der Waals surface area (Å²) in [6, 6.07) is 3.75. The highest BCUT2D eigenvalue weighted by Crippen LogP contribution is 2.12. The Balaban J connectivity index is 2.27. The molecule has 0 aliphatic rings. The molecular formula is C11H19NO2. The predicted molar refractivity (Wildman–Crippen MR) is 55.9 cm³/mol. The van der Waals surface area contributed by atoms with Gasteiger partial charge >= 0.3 is 0 Å². The molecule has 0 bridgehead atoms.